The first-order chi connectivity index (χ1) is 22.4. The number of hydrogen-bond acceptors (Lipinski definition) is 9. The molecule has 0 radical (unpaired) electrons. The number of amides is 2. The molecule has 46 heavy (non-hydrogen) atoms. The normalized spacial score (nSPS) is 16.2. The highest BCUT2D eigenvalue weighted by Gasteiger charge is 2.25. The van der Waals surface area contributed by atoms with Gasteiger partial charge >= 0.3 is 6.09 Å². The van der Waals surface area contributed by atoms with E-state index >= 15 is 0 Å². The number of halogens is 2. The molecule has 2 aliphatic rings. The van der Waals surface area contributed by atoms with Crippen LogP contribution in [0.3, 0.4) is 0 Å². The fourth-order valence-corrected chi connectivity index (χ4v) is 6.36. The van der Waals surface area contributed by atoms with E-state index in [2.05, 4.69) is 35.3 Å². The molecule has 14 heteroatoms. The topological polar surface area (TPSA) is 144 Å². The standard InChI is InChI=1S/C32H33Cl2N7O5/c1-45-31-19(18-46-32(44)35-16-20-9-11-27(43)36-20)8-10-25(37-31)23-6-2-4-21(28(23)33)22-5-3-7-24(29(22)34)30-39-38-26-17-40(14-15-42)12-13-41(26)30/h2-8,10,20,42H,9,11-18H2,1H3,(H,35,44)(H,36,43)/t20-/m0/s1. The summed E-state index contributed by atoms with van der Waals surface area (Å²) < 4.78 is 13.0. The molecule has 2 amide bonds. The second-order valence-electron chi connectivity index (χ2n) is 11.1. The number of nitrogens with zero attached hydrogens (tertiary/aromatic N) is 5. The van der Waals surface area contributed by atoms with Gasteiger partial charge in [-0.1, -0.05) is 53.5 Å². The molecular formula is C32H33Cl2N7O5. The molecule has 3 N–H and O–H groups in total. The van der Waals surface area contributed by atoms with Gasteiger partial charge in [0.1, 0.15) is 12.4 Å². The first-order valence-corrected chi connectivity index (χ1v) is 15.7. The van der Waals surface area contributed by atoms with Crippen LogP contribution in [-0.4, -0.2) is 81.1 Å². The second-order valence-corrected chi connectivity index (χ2v) is 11.8. The van der Waals surface area contributed by atoms with Crippen molar-refractivity contribution >= 4 is 35.2 Å². The van der Waals surface area contributed by atoms with E-state index in [0.717, 1.165) is 29.1 Å². The lowest BCUT2D eigenvalue weighted by Gasteiger charge is -2.27. The van der Waals surface area contributed by atoms with Crippen molar-refractivity contribution in [1.29, 1.82) is 0 Å². The highest BCUT2D eigenvalue weighted by Crippen LogP contribution is 2.42. The quantitative estimate of drug-likeness (QED) is 0.226. The van der Waals surface area contributed by atoms with Crippen molar-refractivity contribution in [2.45, 2.75) is 38.6 Å². The van der Waals surface area contributed by atoms with Gasteiger partial charge in [-0.3, -0.25) is 9.69 Å². The highest BCUT2D eigenvalue weighted by molar-refractivity contribution is 6.39. The maximum atomic E-state index is 12.2. The number of pyridine rings is 1. The largest absolute Gasteiger partial charge is 0.481 e. The van der Waals surface area contributed by atoms with Gasteiger partial charge in [0.2, 0.25) is 11.8 Å². The third kappa shape index (κ3) is 6.66. The van der Waals surface area contributed by atoms with Gasteiger partial charge in [-0.05, 0) is 24.6 Å². The number of benzene rings is 2. The Bertz CT molecular complexity index is 1760. The summed E-state index contributed by atoms with van der Waals surface area (Å²) in [6.45, 7) is 3.00. The van der Waals surface area contributed by atoms with Crippen molar-refractivity contribution in [1.82, 2.24) is 35.3 Å². The molecule has 1 fully saturated rings. The molecule has 240 valence electrons. The minimum atomic E-state index is -0.600. The van der Waals surface area contributed by atoms with Crippen LogP contribution in [0.1, 0.15) is 24.2 Å². The first kappa shape index (κ1) is 31.7. The van der Waals surface area contributed by atoms with Crippen molar-refractivity contribution < 1.29 is 24.2 Å². The number of fused-ring (bicyclic) bond motifs is 1. The molecule has 0 unspecified atom stereocenters. The predicted octanol–water partition coefficient (Wildman–Crippen LogP) is 4.30. The monoisotopic (exact) mass is 665 g/mol. The van der Waals surface area contributed by atoms with Crippen LogP contribution in [0.5, 0.6) is 5.88 Å². The van der Waals surface area contributed by atoms with Gasteiger partial charge in [0.05, 0.1) is 41.6 Å². The molecule has 2 aliphatic heterocycles. The Kier molecular flexibility index (Phi) is 9.69. The first-order valence-electron chi connectivity index (χ1n) is 14.9. The summed E-state index contributed by atoms with van der Waals surface area (Å²) in [5.74, 6) is 1.78. The zero-order valence-electron chi connectivity index (χ0n) is 25.1. The number of carbonyl (C=O) groups is 2. The van der Waals surface area contributed by atoms with Crippen LogP contribution in [0.15, 0.2) is 48.5 Å². The molecule has 4 heterocycles. The molecule has 0 spiro atoms. The van der Waals surface area contributed by atoms with E-state index < -0.39 is 6.09 Å². The zero-order valence-corrected chi connectivity index (χ0v) is 26.6. The maximum Gasteiger partial charge on any atom is 0.407 e. The Morgan fingerprint density at radius 2 is 1.78 bits per heavy atom. The Balaban J connectivity index is 1.21. The molecule has 1 atom stereocenters. The Morgan fingerprint density at radius 3 is 2.50 bits per heavy atom. The van der Waals surface area contributed by atoms with Crippen molar-refractivity contribution in [3.8, 4) is 39.7 Å². The number of alkyl carbamates (subject to hydrolysis) is 1. The van der Waals surface area contributed by atoms with Crippen LogP contribution in [0.25, 0.3) is 33.8 Å². The van der Waals surface area contributed by atoms with E-state index in [1.54, 1.807) is 12.1 Å². The van der Waals surface area contributed by atoms with Crippen LogP contribution in [0.2, 0.25) is 10.0 Å². The molecule has 0 aliphatic carbocycles. The summed E-state index contributed by atoms with van der Waals surface area (Å²) in [6, 6.07) is 14.9. The number of carbonyl (C=O) groups excluding carboxylic acids is 2. The fourth-order valence-electron chi connectivity index (χ4n) is 5.73. The summed E-state index contributed by atoms with van der Waals surface area (Å²) >= 11 is 14.1. The Labute approximate surface area is 275 Å². The second kappa shape index (κ2) is 14.0. The van der Waals surface area contributed by atoms with E-state index in [0.29, 0.717) is 77.6 Å². The van der Waals surface area contributed by atoms with Crippen LogP contribution in [-0.2, 0) is 29.2 Å². The minimum absolute atomic E-state index is 0.0175. The Morgan fingerprint density at radius 1 is 1.04 bits per heavy atom. The van der Waals surface area contributed by atoms with Crippen molar-refractivity contribution in [3.63, 3.8) is 0 Å². The summed E-state index contributed by atoms with van der Waals surface area (Å²) in [5.41, 5.74) is 4.03. The number of ether oxygens (including phenoxy) is 2. The number of nitrogens with one attached hydrogen (secondary N) is 2. The van der Waals surface area contributed by atoms with Gasteiger partial charge < -0.3 is 29.8 Å². The van der Waals surface area contributed by atoms with Gasteiger partial charge in [0, 0.05) is 60.9 Å². The lowest BCUT2D eigenvalue weighted by atomic mass is 9.99. The van der Waals surface area contributed by atoms with Gasteiger partial charge in [-0.15, -0.1) is 10.2 Å². The molecule has 0 saturated carbocycles. The number of methoxy groups -OCH3 is 1. The molecule has 12 nitrogen and oxygen atoms in total. The number of hydrogen-bond donors (Lipinski definition) is 3. The van der Waals surface area contributed by atoms with Crippen LogP contribution in [0.4, 0.5) is 4.79 Å². The van der Waals surface area contributed by atoms with Crippen molar-refractivity contribution in [2.24, 2.45) is 0 Å². The Hall–Kier alpha value is -4.23. The fraction of sp³-hybridized carbons (Fsp3) is 0.344. The molecular weight excluding hydrogens is 633 g/mol. The van der Waals surface area contributed by atoms with Crippen LogP contribution in [0, 0.1) is 0 Å². The highest BCUT2D eigenvalue weighted by atomic mass is 35.5. The number of rotatable bonds is 10. The average Bonchev–Trinajstić information content (AvgIpc) is 3.68. The zero-order chi connectivity index (χ0) is 32.2. The molecule has 0 bridgehead atoms. The van der Waals surface area contributed by atoms with Crippen molar-refractivity contribution in [3.05, 3.63) is 70.0 Å². The summed E-state index contributed by atoms with van der Waals surface area (Å²) in [6.07, 6.45) is 0.534. The number of aliphatic hydroxyl groups is 1. The van der Waals surface area contributed by atoms with Crippen LogP contribution < -0.4 is 15.4 Å². The van der Waals surface area contributed by atoms with E-state index in [1.807, 2.05) is 36.4 Å². The average molecular weight is 667 g/mol. The van der Waals surface area contributed by atoms with E-state index in [-0.39, 0.29) is 25.2 Å². The molecule has 1 saturated heterocycles. The molecule has 2 aromatic carbocycles. The van der Waals surface area contributed by atoms with Gasteiger partial charge in [0.25, 0.3) is 0 Å². The van der Waals surface area contributed by atoms with Crippen molar-refractivity contribution in [2.75, 3.05) is 33.4 Å². The predicted molar refractivity (Wildman–Crippen MR) is 172 cm³/mol. The van der Waals surface area contributed by atoms with Gasteiger partial charge in [0.15, 0.2) is 5.82 Å². The smallest absolute Gasteiger partial charge is 0.407 e. The molecule has 2 aromatic heterocycles. The number of aliphatic hydroxyl groups excluding tert-OH is 1. The lowest BCUT2D eigenvalue weighted by Crippen LogP contribution is -2.38. The third-order valence-corrected chi connectivity index (χ3v) is 8.94. The van der Waals surface area contributed by atoms with Gasteiger partial charge in [-0.25, -0.2) is 9.78 Å². The van der Waals surface area contributed by atoms with Gasteiger partial charge in [-0.2, -0.15) is 0 Å². The molecule has 4 aromatic rings. The summed E-state index contributed by atoms with van der Waals surface area (Å²) in [4.78, 5) is 30.4. The summed E-state index contributed by atoms with van der Waals surface area (Å²) in [7, 11) is 1.50. The molecule has 6 rings (SSSR count). The lowest BCUT2D eigenvalue weighted by molar-refractivity contribution is -0.119. The minimum Gasteiger partial charge on any atom is -0.481 e. The van der Waals surface area contributed by atoms with E-state index in [1.165, 1.54) is 7.11 Å². The van der Waals surface area contributed by atoms with Crippen LogP contribution >= 0.6 is 23.2 Å². The third-order valence-electron chi connectivity index (χ3n) is 8.12. The number of aromatic nitrogens is 4. The SMILES string of the molecule is COc1nc(-c2cccc(-c3cccc(-c4nnc5n4CCN(CCO)C5)c3Cl)c2Cl)ccc1COC(=O)NC[C@@H]1CCC(=O)N1. The number of β-amino-alcohol motifs (C(OH)–C–C–N with tert-alkyl or cyclic N) is 1. The van der Waals surface area contributed by atoms with E-state index in [9.17, 15) is 14.7 Å². The van der Waals surface area contributed by atoms with E-state index in [4.69, 9.17) is 32.7 Å². The summed E-state index contributed by atoms with van der Waals surface area (Å²) in [5, 5.41) is 24.6. The maximum absolute atomic E-state index is 12.2.